The molecule has 0 aromatic rings. The van der Waals surface area contributed by atoms with E-state index in [4.69, 9.17) is 10.5 Å². The molecule has 0 fully saturated rings. The van der Waals surface area contributed by atoms with Crippen LogP contribution in [0.25, 0.3) is 0 Å². The zero-order valence-electron chi connectivity index (χ0n) is 8.76. The van der Waals surface area contributed by atoms with Crippen molar-refractivity contribution in [3.8, 4) is 0 Å². The van der Waals surface area contributed by atoms with E-state index in [1.54, 1.807) is 0 Å². The van der Waals surface area contributed by atoms with E-state index >= 15 is 0 Å². The molecule has 0 radical (unpaired) electrons. The summed E-state index contributed by atoms with van der Waals surface area (Å²) >= 11 is 0. The van der Waals surface area contributed by atoms with Crippen molar-refractivity contribution in [2.75, 3.05) is 33.8 Å². The van der Waals surface area contributed by atoms with Crippen molar-refractivity contribution < 1.29 is 4.74 Å². The largest absolute Gasteiger partial charge is 0.373 e. The van der Waals surface area contributed by atoms with Gasteiger partial charge in [0.15, 0.2) is 0 Å². The van der Waals surface area contributed by atoms with Crippen LogP contribution in [0.15, 0.2) is 0 Å². The average Bonchev–Trinajstić information content (AvgIpc) is 2.03. The van der Waals surface area contributed by atoms with Gasteiger partial charge in [-0.3, -0.25) is 0 Å². The summed E-state index contributed by atoms with van der Waals surface area (Å²) < 4.78 is 5.67. The number of ether oxygens (including phenoxy) is 1. The minimum absolute atomic E-state index is 0.129. The average molecular weight is 174 g/mol. The summed E-state index contributed by atoms with van der Waals surface area (Å²) in [5.41, 5.74) is 5.47. The van der Waals surface area contributed by atoms with Gasteiger partial charge in [0.25, 0.3) is 0 Å². The third kappa shape index (κ3) is 4.70. The maximum absolute atomic E-state index is 5.67. The van der Waals surface area contributed by atoms with Gasteiger partial charge in [0.05, 0.1) is 12.2 Å². The summed E-state index contributed by atoms with van der Waals surface area (Å²) in [6.07, 6.45) is 0.969. The predicted molar refractivity (Wildman–Crippen MR) is 52.3 cm³/mol. The molecule has 74 valence electrons. The maximum Gasteiger partial charge on any atom is 0.0774 e. The molecule has 1 atom stereocenters. The Labute approximate surface area is 75.9 Å². The van der Waals surface area contributed by atoms with Crippen molar-refractivity contribution in [2.45, 2.75) is 25.9 Å². The highest BCUT2D eigenvalue weighted by molar-refractivity contribution is 4.73. The van der Waals surface area contributed by atoms with Gasteiger partial charge in [-0.05, 0) is 27.4 Å². The molecule has 2 N–H and O–H groups in total. The number of nitrogens with zero attached hydrogens (tertiary/aromatic N) is 1. The fourth-order valence-corrected chi connectivity index (χ4v) is 0.780. The molecule has 0 aliphatic rings. The Hall–Kier alpha value is -0.120. The highest BCUT2D eigenvalue weighted by Gasteiger charge is 2.19. The van der Waals surface area contributed by atoms with E-state index in [1.807, 2.05) is 14.1 Å². The van der Waals surface area contributed by atoms with Crippen LogP contribution >= 0.6 is 0 Å². The lowest BCUT2D eigenvalue weighted by Gasteiger charge is -2.27. The first kappa shape index (κ1) is 11.9. The molecule has 0 bridgehead atoms. The molecular weight excluding hydrogens is 152 g/mol. The minimum Gasteiger partial charge on any atom is -0.373 e. The van der Waals surface area contributed by atoms with Gasteiger partial charge in [-0.15, -0.1) is 0 Å². The molecular formula is C9H22N2O. The first-order valence-electron chi connectivity index (χ1n) is 4.53. The molecule has 0 aromatic carbocycles. The van der Waals surface area contributed by atoms with Crippen LogP contribution in [0.5, 0.6) is 0 Å². The Kier molecular flexibility index (Phi) is 5.46. The van der Waals surface area contributed by atoms with Gasteiger partial charge < -0.3 is 15.4 Å². The van der Waals surface area contributed by atoms with Gasteiger partial charge in [0.1, 0.15) is 0 Å². The number of nitrogens with two attached hydrogens (primary N) is 1. The zero-order chi connectivity index (χ0) is 9.61. The predicted octanol–water partition coefficient (Wildman–Crippen LogP) is 0.692. The van der Waals surface area contributed by atoms with Crippen LogP contribution in [-0.4, -0.2) is 44.3 Å². The smallest absolute Gasteiger partial charge is 0.0774 e. The van der Waals surface area contributed by atoms with E-state index in [2.05, 4.69) is 18.7 Å². The highest BCUT2D eigenvalue weighted by Crippen LogP contribution is 2.12. The lowest BCUT2D eigenvalue weighted by molar-refractivity contribution is -0.0321. The number of hydrogen-bond donors (Lipinski definition) is 1. The van der Waals surface area contributed by atoms with Gasteiger partial charge in [-0.1, -0.05) is 6.92 Å². The Morgan fingerprint density at radius 3 is 2.33 bits per heavy atom. The molecule has 0 rings (SSSR count). The van der Waals surface area contributed by atoms with Gasteiger partial charge in [0.2, 0.25) is 0 Å². The van der Waals surface area contributed by atoms with Gasteiger partial charge in [0, 0.05) is 13.1 Å². The van der Waals surface area contributed by atoms with E-state index in [-0.39, 0.29) is 5.60 Å². The second-order valence-corrected chi connectivity index (χ2v) is 3.66. The van der Waals surface area contributed by atoms with Crippen molar-refractivity contribution in [3.05, 3.63) is 0 Å². The maximum atomic E-state index is 5.67. The molecule has 0 aliphatic heterocycles. The lowest BCUT2D eigenvalue weighted by atomic mass is 10.0. The van der Waals surface area contributed by atoms with E-state index in [9.17, 15) is 0 Å². The Morgan fingerprint density at radius 2 is 2.00 bits per heavy atom. The van der Waals surface area contributed by atoms with Crippen LogP contribution in [-0.2, 0) is 4.74 Å². The fraction of sp³-hybridized carbons (Fsp3) is 1.00. The van der Waals surface area contributed by atoms with E-state index in [0.29, 0.717) is 6.54 Å². The Bertz CT molecular complexity index is 111. The Balaban J connectivity index is 3.58. The molecule has 0 heterocycles. The summed E-state index contributed by atoms with van der Waals surface area (Å²) in [7, 11) is 4.07. The van der Waals surface area contributed by atoms with Crippen LogP contribution < -0.4 is 5.73 Å². The standard InChI is InChI=1S/C9H22N2O/c1-5-9(2,8-10)12-7-6-11(3)4/h5-8,10H2,1-4H3. The first-order chi connectivity index (χ1) is 5.54. The topological polar surface area (TPSA) is 38.5 Å². The van der Waals surface area contributed by atoms with Crippen molar-refractivity contribution in [1.82, 2.24) is 4.90 Å². The molecule has 0 spiro atoms. The summed E-state index contributed by atoms with van der Waals surface area (Å²) in [5.74, 6) is 0. The second-order valence-electron chi connectivity index (χ2n) is 3.66. The van der Waals surface area contributed by atoms with Crippen molar-refractivity contribution in [1.29, 1.82) is 0 Å². The van der Waals surface area contributed by atoms with Crippen LogP contribution in [0.4, 0.5) is 0 Å². The summed E-state index contributed by atoms with van der Waals surface area (Å²) in [6, 6.07) is 0. The SMILES string of the molecule is CCC(C)(CN)OCCN(C)C. The molecule has 3 nitrogen and oxygen atoms in total. The Morgan fingerprint density at radius 1 is 1.42 bits per heavy atom. The third-order valence-corrected chi connectivity index (χ3v) is 2.17. The molecule has 0 saturated heterocycles. The van der Waals surface area contributed by atoms with Crippen molar-refractivity contribution in [3.63, 3.8) is 0 Å². The molecule has 1 unspecified atom stereocenters. The molecule has 0 saturated carbocycles. The first-order valence-corrected chi connectivity index (χ1v) is 4.53. The van der Waals surface area contributed by atoms with Crippen LogP contribution in [0, 0.1) is 0 Å². The second kappa shape index (κ2) is 5.51. The minimum atomic E-state index is -0.129. The molecule has 0 aliphatic carbocycles. The molecule has 0 aromatic heterocycles. The number of hydrogen-bond acceptors (Lipinski definition) is 3. The van der Waals surface area contributed by atoms with Crippen molar-refractivity contribution in [2.24, 2.45) is 5.73 Å². The van der Waals surface area contributed by atoms with E-state index < -0.39 is 0 Å². The quantitative estimate of drug-likeness (QED) is 0.644. The highest BCUT2D eigenvalue weighted by atomic mass is 16.5. The third-order valence-electron chi connectivity index (χ3n) is 2.17. The van der Waals surface area contributed by atoms with E-state index in [0.717, 1.165) is 19.6 Å². The van der Waals surface area contributed by atoms with Crippen LogP contribution in [0.3, 0.4) is 0 Å². The van der Waals surface area contributed by atoms with Crippen LogP contribution in [0.2, 0.25) is 0 Å². The number of rotatable bonds is 6. The van der Waals surface area contributed by atoms with Crippen LogP contribution in [0.1, 0.15) is 20.3 Å². The lowest BCUT2D eigenvalue weighted by Crippen LogP contribution is -2.38. The zero-order valence-corrected chi connectivity index (χ0v) is 8.76. The normalized spacial score (nSPS) is 16.5. The van der Waals surface area contributed by atoms with Gasteiger partial charge in [-0.2, -0.15) is 0 Å². The molecule has 12 heavy (non-hydrogen) atoms. The summed E-state index contributed by atoms with van der Waals surface area (Å²) in [4.78, 5) is 2.10. The fourth-order valence-electron chi connectivity index (χ4n) is 0.780. The van der Waals surface area contributed by atoms with Gasteiger partial charge in [-0.25, -0.2) is 0 Å². The number of likely N-dealkylation sites (N-methyl/N-ethyl adjacent to an activating group) is 1. The summed E-state index contributed by atoms with van der Waals surface area (Å²) in [6.45, 7) is 6.46. The molecule has 0 amide bonds. The van der Waals surface area contributed by atoms with Gasteiger partial charge >= 0.3 is 0 Å². The molecule has 3 heteroatoms. The van der Waals surface area contributed by atoms with Crippen molar-refractivity contribution >= 4 is 0 Å². The summed E-state index contributed by atoms with van der Waals surface area (Å²) in [5, 5.41) is 0. The monoisotopic (exact) mass is 174 g/mol. The van der Waals surface area contributed by atoms with E-state index in [1.165, 1.54) is 0 Å².